The van der Waals surface area contributed by atoms with Crippen molar-refractivity contribution in [1.82, 2.24) is 0 Å². The monoisotopic (exact) mass is 230 g/mol. The maximum atomic E-state index is 13.0. The van der Waals surface area contributed by atoms with Gasteiger partial charge < -0.3 is 9.73 Å². The molecule has 17 heavy (non-hydrogen) atoms. The highest BCUT2D eigenvalue weighted by atomic mass is 19.1. The van der Waals surface area contributed by atoms with Crippen molar-refractivity contribution in [3.8, 4) is 6.07 Å². The number of nitrogens with one attached hydrogen (secondary N) is 1. The van der Waals surface area contributed by atoms with E-state index in [0.29, 0.717) is 17.9 Å². The largest absolute Gasteiger partial charge is 0.449 e. The predicted molar refractivity (Wildman–Crippen MR) is 61.9 cm³/mol. The van der Waals surface area contributed by atoms with Crippen molar-refractivity contribution >= 4 is 5.69 Å². The Labute approximate surface area is 98.5 Å². The average molecular weight is 230 g/mol. The first kappa shape index (κ1) is 11.2. The van der Waals surface area contributed by atoms with Crippen LogP contribution in [0.25, 0.3) is 0 Å². The van der Waals surface area contributed by atoms with Gasteiger partial charge in [0.1, 0.15) is 17.6 Å². The van der Waals surface area contributed by atoms with Crippen molar-refractivity contribution in [3.05, 3.63) is 53.2 Å². The molecule has 3 nitrogen and oxygen atoms in total. The number of anilines is 1. The Hall–Kier alpha value is -2.28. The minimum atomic E-state index is -0.222. The molecule has 0 spiro atoms. The van der Waals surface area contributed by atoms with E-state index in [1.54, 1.807) is 31.2 Å². The molecule has 0 bridgehead atoms. The summed E-state index contributed by atoms with van der Waals surface area (Å²) in [5.41, 5.74) is 1.41. The minimum Gasteiger partial charge on any atom is -0.449 e. The number of furan rings is 1. The zero-order valence-corrected chi connectivity index (χ0v) is 9.33. The normalized spacial score (nSPS) is 9.94. The van der Waals surface area contributed by atoms with Crippen molar-refractivity contribution in [2.45, 2.75) is 13.5 Å². The van der Waals surface area contributed by atoms with Gasteiger partial charge in [-0.05, 0) is 42.8 Å². The summed E-state index contributed by atoms with van der Waals surface area (Å²) >= 11 is 0. The summed E-state index contributed by atoms with van der Waals surface area (Å²) < 4.78 is 18.2. The molecule has 2 rings (SSSR count). The highest BCUT2D eigenvalue weighted by molar-refractivity contribution is 5.46. The summed E-state index contributed by atoms with van der Waals surface area (Å²) in [4.78, 5) is 0. The second-order valence-corrected chi connectivity index (χ2v) is 3.70. The van der Waals surface area contributed by atoms with Gasteiger partial charge in [0.05, 0.1) is 6.54 Å². The second kappa shape index (κ2) is 4.71. The maximum absolute atomic E-state index is 13.0. The van der Waals surface area contributed by atoms with Crippen LogP contribution in [-0.4, -0.2) is 0 Å². The SMILES string of the molecule is Cc1cc(NCc2ccc(C#N)o2)ccc1F. The lowest BCUT2D eigenvalue weighted by molar-refractivity contribution is 0.506. The quantitative estimate of drug-likeness (QED) is 0.880. The van der Waals surface area contributed by atoms with Gasteiger partial charge in [0.2, 0.25) is 5.76 Å². The van der Waals surface area contributed by atoms with Crippen LogP contribution >= 0.6 is 0 Å². The molecule has 86 valence electrons. The van der Waals surface area contributed by atoms with E-state index in [9.17, 15) is 4.39 Å². The first-order valence-electron chi connectivity index (χ1n) is 5.18. The van der Waals surface area contributed by atoms with Crippen molar-refractivity contribution in [2.24, 2.45) is 0 Å². The Kier molecular flexibility index (Phi) is 3.10. The number of rotatable bonds is 3. The van der Waals surface area contributed by atoms with Crippen LogP contribution < -0.4 is 5.32 Å². The van der Waals surface area contributed by atoms with Crippen LogP contribution in [0.3, 0.4) is 0 Å². The highest BCUT2D eigenvalue weighted by Crippen LogP contribution is 2.15. The minimum absolute atomic E-state index is 0.222. The smallest absolute Gasteiger partial charge is 0.203 e. The zero-order chi connectivity index (χ0) is 12.3. The fourth-order valence-electron chi connectivity index (χ4n) is 1.48. The van der Waals surface area contributed by atoms with Gasteiger partial charge in [-0.1, -0.05) is 0 Å². The lowest BCUT2D eigenvalue weighted by Gasteiger charge is -2.05. The summed E-state index contributed by atoms with van der Waals surface area (Å²) in [5, 5.41) is 11.7. The standard InChI is InChI=1S/C13H11FN2O/c1-9-6-10(2-5-13(9)14)16-8-12-4-3-11(7-15)17-12/h2-6,16H,8H2,1H3. The van der Waals surface area contributed by atoms with Gasteiger partial charge in [0, 0.05) is 5.69 Å². The van der Waals surface area contributed by atoms with Crippen LogP contribution in [0.5, 0.6) is 0 Å². The molecule has 0 aliphatic rings. The summed E-state index contributed by atoms with van der Waals surface area (Å²) in [5.74, 6) is 0.737. The van der Waals surface area contributed by atoms with E-state index < -0.39 is 0 Å². The van der Waals surface area contributed by atoms with Gasteiger partial charge >= 0.3 is 0 Å². The fraction of sp³-hybridized carbons (Fsp3) is 0.154. The van der Waals surface area contributed by atoms with Crippen LogP contribution in [0, 0.1) is 24.1 Å². The Balaban J connectivity index is 2.02. The van der Waals surface area contributed by atoms with Crippen LogP contribution in [0.15, 0.2) is 34.7 Å². The Morgan fingerprint density at radius 2 is 2.18 bits per heavy atom. The van der Waals surface area contributed by atoms with Crippen LogP contribution in [-0.2, 0) is 6.54 Å². The Morgan fingerprint density at radius 3 is 2.82 bits per heavy atom. The summed E-state index contributed by atoms with van der Waals surface area (Å²) in [6, 6.07) is 10.1. The molecule has 1 aromatic carbocycles. The van der Waals surface area contributed by atoms with Crippen molar-refractivity contribution in [1.29, 1.82) is 5.26 Å². The number of nitrogens with zero attached hydrogens (tertiary/aromatic N) is 1. The van der Waals surface area contributed by atoms with Crippen molar-refractivity contribution in [3.63, 3.8) is 0 Å². The molecule has 0 fully saturated rings. The van der Waals surface area contributed by atoms with E-state index in [1.165, 1.54) is 6.07 Å². The van der Waals surface area contributed by atoms with E-state index in [1.807, 2.05) is 6.07 Å². The summed E-state index contributed by atoms with van der Waals surface area (Å²) in [6.07, 6.45) is 0. The van der Waals surface area contributed by atoms with E-state index in [4.69, 9.17) is 9.68 Å². The lowest BCUT2D eigenvalue weighted by atomic mass is 10.2. The first-order valence-corrected chi connectivity index (χ1v) is 5.18. The van der Waals surface area contributed by atoms with E-state index in [2.05, 4.69) is 5.32 Å². The molecule has 4 heteroatoms. The van der Waals surface area contributed by atoms with Crippen molar-refractivity contribution < 1.29 is 8.81 Å². The van der Waals surface area contributed by atoms with E-state index in [0.717, 1.165) is 5.69 Å². The molecule has 0 unspecified atom stereocenters. The fourth-order valence-corrected chi connectivity index (χ4v) is 1.48. The number of aryl methyl sites for hydroxylation is 1. The van der Waals surface area contributed by atoms with Gasteiger partial charge in [0.25, 0.3) is 0 Å². The van der Waals surface area contributed by atoms with Gasteiger partial charge in [-0.25, -0.2) is 4.39 Å². The molecule has 0 aliphatic carbocycles. The molecule has 1 N–H and O–H groups in total. The topological polar surface area (TPSA) is 49.0 Å². The molecule has 0 atom stereocenters. The van der Waals surface area contributed by atoms with Crippen LogP contribution in [0.1, 0.15) is 17.1 Å². The Morgan fingerprint density at radius 1 is 1.35 bits per heavy atom. The van der Waals surface area contributed by atoms with E-state index in [-0.39, 0.29) is 11.6 Å². The molecule has 0 saturated heterocycles. The van der Waals surface area contributed by atoms with Gasteiger partial charge in [-0.2, -0.15) is 5.26 Å². The van der Waals surface area contributed by atoms with E-state index >= 15 is 0 Å². The number of hydrogen-bond donors (Lipinski definition) is 1. The first-order chi connectivity index (χ1) is 8.19. The molecule has 0 saturated carbocycles. The number of halogens is 1. The number of hydrogen-bond acceptors (Lipinski definition) is 3. The van der Waals surface area contributed by atoms with Gasteiger partial charge in [0.15, 0.2) is 0 Å². The zero-order valence-electron chi connectivity index (χ0n) is 9.33. The maximum Gasteiger partial charge on any atom is 0.203 e. The molecule has 0 aliphatic heterocycles. The molecule has 1 aromatic heterocycles. The van der Waals surface area contributed by atoms with Crippen molar-refractivity contribution in [2.75, 3.05) is 5.32 Å². The third-order valence-corrected chi connectivity index (χ3v) is 2.40. The lowest BCUT2D eigenvalue weighted by Crippen LogP contribution is -1.98. The molecular formula is C13H11FN2O. The Bertz CT molecular complexity index is 569. The van der Waals surface area contributed by atoms with Gasteiger partial charge in [-0.15, -0.1) is 0 Å². The van der Waals surface area contributed by atoms with Gasteiger partial charge in [-0.3, -0.25) is 0 Å². The van der Waals surface area contributed by atoms with Crippen LogP contribution in [0.2, 0.25) is 0 Å². The molecule has 2 aromatic rings. The number of nitriles is 1. The second-order valence-electron chi connectivity index (χ2n) is 3.70. The average Bonchev–Trinajstić information content (AvgIpc) is 2.79. The number of benzene rings is 1. The third-order valence-electron chi connectivity index (χ3n) is 2.40. The predicted octanol–water partition coefficient (Wildman–Crippen LogP) is 3.21. The highest BCUT2D eigenvalue weighted by Gasteiger charge is 2.02. The molecule has 0 amide bonds. The summed E-state index contributed by atoms with van der Waals surface area (Å²) in [6.45, 7) is 2.17. The third kappa shape index (κ3) is 2.64. The van der Waals surface area contributed by atoms with Crippen LogP contribution in [0.4, 0.5) is 10.1 Å². The summed E-state index contributed by atoms with van der Waals surface area (Å²) in [7, 11) is 0. The molecular weight excluding hydrogens is 219 g/mol. The molecule has 1 heterocycles. The molecule has 0 radical (unpaired) electrons.